The molecule has 8 heteroatoms. The molecular formula is C21H18ClN3O3S. The van der Waals surface area contributed by atoms with E-state index in [2.05, 4.69) is 0 Å². The highest BCUT2D eigenvalue weighted by atomic mass is 35.5. The van der Waals surface area contributed by atoms with Gasteiger partial charge in [0.2, 0.25) is 10.0 Å². The van der Waals surface area contributed by atoms with Gasteiger partial charge in [-0.05, 0) is 47.0 Å². The number of anilines is 1. The number of nitrogen functional groups attached to an aromatic ring is 1. The normalized spacial score (nSPS) is 11.7. The number of hydrogen-bond donors (Lipinski definition) is 3. The summed E-state index contributed by atoms with van der Waals surface area (Å²) in [6.07, 6.45) is 3.60. The van der Waals surface area contributed by atoms with Gasteiger partial charge in [0.15, 0.2) is 0 Å². The zero-order valence-electron chi connectivity index (χ0n) is 15.2. The highest BCUT2D eigenvalue weighted by Gasteiger charge is 2.14. The third-order valence-electron chi connectivity index (χ3n) is 4.32. The third-order valence-corrected chi connectivity index (χ3v) is 5.60. The zero-order valence-corrected chi connectivity index (χ0v) is 16.7. The molecule has 0 unspecified atom stereocenters. The number of amides is 1. The molecule has 1 amide bonds. The first-order chi connectivity index (χ1) is 13.7. The van der Waals surface area contributed by atoms with Crippen LogP contribution in [0, 0.1) is 0 Å². The molecule has 0 heterocycles. The summed E-state index contributed by atoms with van der Waals surface area (Å²) < 4.78 is 22.9. The Kier molecular flexibility index (Phi) is 5.74. The molecule has 6 nitrogen and oxygen atoms in total. The Labute approximate surface area is 173 Å². The number of carbonyl (C=O) groups excluding carboxylic acids is 1. The number of primary amides is 1. The van der Waals surface area contributed by atoms with Crippen LogP contribution in [-0.4, -0.2) is 14.3 Å². The van der Waals surface area contributed by atoms with Crippen LogP contribution in [0.5, 0.6) is 0 Å². The van der Waals surface area contributed by atoms with Crippen LogP contribution in [0.4, 0.5) is 5.69 Å². The van der Waals surface area contributed by atoms with Gasteiger partial charge in [-0.15, -0.1) is 0 Å². The smallest absolute Gasteiger partial charge is 0.250 e. The summed E-state index contributed by atoms with van der Waals surface area (Å²) in [5, 5.41) is 5.73. The van der Waals surface area contributed by atoms with E-state index >= 15 is 0 Å². The van der Waals surface area contributed by atoms with Crippen LogP contribution in [0.15, 0.2) is 65.6 Å². The minimum atomic E-state index is -3.81. The maximum Gasteiger partial charge on any atom is 0.250 e. The first kappa shape index (κ1) is 20.6. The Morgan fingerprint density at radius 1 is 0.966 bits per heavy atom. The van der Waals surface area contributed by atoms with Crippen molar-refractivity contribution >= 4 is 45.4 Å². The molecule has 0 atom stereocenters. The lowest BCUT2D eigenvalue weighted by molar-refractivity contribution is 0.100. The van der Waals surface area contributed by atoms with Crippen molar-refractivity contribution in [1.29, 1.82) is 0 Å². The molecule has 0 fully saturated rings. The third kappa shape index (κ3) is 4.65. The fourth-order valence-electron chi connectivity index (χ4n) is 2.83. The molecule has 3 aromatic carbocycles. The second-order valence-electron chi connectivity index (χ2n) is 6.32. The number of carbonyl (C=O) groups is 1. The molecule has 0 aliphatic carbocycles. The van der Waals surface area contributed by atoms with Crippen molar-refractivity contribution < 1.29 is 13.2 Å². The number of sulfonamides is 1. The monoisotopic (exact) mass is 427 g/mol. The highest BCUT2D eigenvalue weighted by molar-refractivity contribution is 7.89. The molecule has 0 aliphatic heterocycles. The minimum Gasteiger partial charge on any atom is -0.398 e. The second-order valence-corrected chi connectivity index (χ2v) is 8.29. The molecule has 0 aliphatic rings. The van der Waals surface area contributed by atoms with Crippen LogP contribution >= 0.6 is 11.6 Å². The molecule has 3 aromatic rings. The molecule has 0 saturated carbocycles. The Morgan fingerprint density at radius 2 is 1.62 bits per heavy atom. The lowest BCUT2D eigenvalue weighted by atomic mass is 9.96. The van der Waals surface area contributed by atoms with Gasteiger partial charge in [-0.3, -0.25) is 4.79 Å². The van der Waals surface area contributed by atoms with E-state index in [-0.39, 0.29) is 16.1 Å². The highest BCUT2D eigenvalue weighted by Crippen LogP contribution is 2.32. The molecule has 0 radical (unpaired) electrons. The van der Waals surface area contributed by atoms with Crippen molar-refractivity contribution in [2.75, 3.05) is 5.73 Å². The Morgan fingerprint density at radius 3 is 2.21 bits per heavy atom. The van der Waals surface area contributed by atoms with Gasteiger partial charge in [0.1, 0.15) is 0 Å². The van der Waals surface area contributed by atoms with Gasteiger partial charge in [-0.1, -0.05) is 54.1 Å². The first-order valence-corrected chi connectivity index (χ1v) is 10.4. The largest absolute Gasteiger partial charge is 0.398 e. The molecule has 3 rings (SSSR count). The van der Waals surface area contributed by atoms with Gasteiger partial charge in [-0.25, -0.2) is 13.6 Å². The number of nitrogens with two attached hydrogens (primary N) is 3. The fraction of sp³-hybridized carbons (Fsp3) is 0. The zero-order chi connectivity index (χ0) is 21.2. The van der Waals surface area contributed by atoms with E-state index in [1.165, 1.54) is 12.1 Å². The summed E-state index contributed by atoms with van der Waals surface area (Å²) >= 11 is 6.17. The van der Waals surface area contributed by atoms with Gasteiger partial charge >= 0.3 is 0 Å². The average Bonchev–Trinajstić information content (AvgIpc) is 2.67. The van der Waals surface area contributed by atoms with Crippen molar-refractivity contribution in [2.24, 2.45) is 10.9 Å². The van der Waals surface area contributed by atoms with Gasteiger partial charge < -0.3 is 11.5 Å². The molecule has 0 saturated heterocycles. The minimum absolute atomic E-state index is 0.0234. The molecule has 0 bridgehead atoms. The van der Waals surface area contributed by atoms with E-state index in [1.807, 2.05) is 24.3 Å². The Balaban J connectivity index is 2.10. The molecule has 0 aromatic heterocycles. The Bertz CT molecular complexity index is 1220. The lowest BCUT2D eigenvalue weighted by Gasteiger charge is -2.12. The fourth-order valence-corrected chi connectivity index (χ4v) is 3.55. The molecule has 148 valence electrons. The number of hydrogen-bond acceptors (Lipinski definition) is 4. The number of primary sulfonamides is 1. The van der Waals surface area contributed by atoms with Crippen molar-refractivity contribution in [2.45, 2.75) is 4.90 Å². The summed E-state index contributed by atoms with van der Waals surface area (Å²) in [6, 6.07) is 16.6. The van der Waals surface area contributed by atoms with E-state index in [4.69, 9.17) is 28.2 Å². The summed E-state index contributed by atoms with van der Waals surface area (Å²) in [6.45, 7) is 0. The van der Waals surface area contributed by atoms with Crippen LogP contribution in [0.1, 0.15) is 21.5 Å². The van der Waals surface area contributed by atoms with Gasteiger partial charge in [0, 0.05) is 10.6 Å². The predicted molar refractivity (Wildman–Crippen MR) is 117 cm³/mol. The lowest BCUT2D eigenvalue weighted by Crippen LogP contribution is -2.14. The van der Waals surface area contributed by atoms with E-state index in [1.54, 1.807) is 36.4 Å². The average molecular weight is 428 g/mol. The first-order valence-electron chi connectivity index (χ1n) is 8.46. The van der Waals surface area contributed by atoms with Crippen LogP contribution in [-0.2, 0) is 10.0 Å². The SMILES string of the molecule is NC(=O)c1cc(C=Cc2ccccc2Cl)cc(-c2ccc(S(N)(=O)=O)cc2)c1N. The van der Waals surface area contributed by atoms with Gasteiger partial charge in [0.05, 0.1) is 16.1 Å². The molecular weight excluding hydrogens is 410 g/mol. The molecule has 6 N–H and O–H groups in total. The van der Waals surface area contributed by atoms with Crippen LogP contribution < -0.4 is 16.6 Å². The predicted octanol–water partition coefficient (Wildman–Crippen LogP) is 3.51. The standard InChI is InChI=1S/C21H18ClN3O3S/c22-19-4-2-1-3-15(19)6-5-13-11-17(20(23)18(12-13)21(24)26)14-7-9-16(10-8-14)29(25,27)28/h1-12H,23H2,(H2,24,26)(H2,25,27,28). The van der Waals surface area contributed by atoms with E-state index in [9.17, 15) is 13.2 Å². The van der Waals surface area contributed by atoms with Crippen LogP contribution in [0.3, 0.4) is 0 Å². The van der Waals surface area contributed by atoms with Crippen molar-refractivity contribution in [3.8, 4) is 11.1 Å². The van der Waals surface area contributed by atoms with Crippen molar-refractivity contribution in [3.63, 3.8) is 0 Å². The molecule has 0 spiro atoms. The Hall–Kier alpha value is -3.13. The maximum absolute atomic E-state index is 11.9. The number of halogens is 1. The maximum atomic E-state index is 11.9. The number of rotatable bonds is 5. The summed E-state index contributed by atoms with van der Waals surface area (Å²) in [4.78, 5) is 11.8. The van der Waals surface area contributed by atoms with E-state index in [0.29, 0.717) is 21.7 Å². The van der Waals surface area contributed by atoms with Crippen LogP contribution in [0.2, 0.25) is 5.02 Å². The second kappa shape index (κ2) is 8.08. The summed E-state index contributed by atoms with van der Waals surface area (Å²) in [5.41, 5.74) is 14.7. The topological polar surface area (TPSA) is 129 Å². The summed E-state index contributed by atoms with van der Waals surface area (Å²) in [7, 11) is -3.81. The van der Waals surface area contributed by atoms with E-state index in [0.717, 1.165) is 5.56 Å². The van der Waals surface area contributed by atoms with Crippen LogP contribution in [0.25, 0.3) is 23.3 Å². The van der Waals surface area contributed by atoms with Gasteiger partial charge in [-0.2, -0.15) is 0 Å². The van der Waals surface area contributed by atoms with Gasteiger partial charge in [0.25, 0.3) is 5.91 Å². The van der Waals surface area contributed by atoms with E-state index < -0.39 is 15.9 Å². The quantitative estimate of drug-likeness (QED) is 0.425. The summed E-state index contributed by atoms with van der Waals surface area (Å²) in [5.74, 6) is -0.669. The van der Waals surface area contributed by atoms with Crippen molar-refractivity contribution in [3.05, 3.63) is 82.4 Å². The van der Waals surface area contributed by atoms with Crippen molar-refractivity contribution in [1.82, 2.24) is 0 Å². The molecule has 29 heavy (non-hydrogen) atoms. The number of benzene rings is 3.